The van der Waals surface area contributed by atoms with Gasteiger partial charge < -0.3 is 0 Å². The lowest BCUT2D eigenvalue weighted by atomic mass is 9.95. The fourth-order valence-corrected chi connectivity index (χ4v) is 3.91. The Balaban J connectivity index is 1.82. The average molecular weight is 400 g/mol. The minimum Gasteiger partial charge on any atom is -0.273 e. The molecule has 1 aromatic carbocycles. The number of rotatable bonds is 3. The second-order valence-corrected chi connectivity index (χ2v) is 7.18. The molecule has 0 unspecified atom stereocenters. The molecule has 0 atom stereocenters. The molecule has 1 heterocycles. The normalized spacial score (nSPS) is 18.6. The lowest BCUT2D eigenvalue weighted by Gasteiger charge is -2.33. The lowest BCUT2D eigenvalue weighted by Crippen LogP contribution is -2.49. The van der Waals surface area contributed by atoms with E-state index in [2.05, 4.69) is 0 Å². The number of imide groups is 2. The number of amides is 5. The third-order valence-corrected chi connectivity index (χ3v) is 5.03. The number of anilines is 1. The predicted molar refractivity (Wildman–Crippen MR) is 97.2 cm³/mol. The summed E-state index contributed by atoms with van der Waals surface area (Å²) in [7, 11) is 1.39. The van der Waals surface area contributed by atoms with Crippen molar-refractivity contribution in [3.05, 3.63) is 28.2 Å². The maximum Gasteiger partial charge on any atom is 0.352 e. The number of carbonyl (C=O) groups excluding carboxylic acids is 3. The van der Waals surface area contributed by atoms with Gasteiger partial charge in [0.25, 0.3) is 5.91 Å². The zero-order chi connectivity index (χ0) is 18.8. The topological polar surface area (TPSA) is 70.2 Å². The van der Waals surface area contributed by atoms with E-state index in [-0.39, 0.29) is 18.3 Å². The van der Waals surface area contributed by atoms with Gasteiger partial charge in [0.1, 0.15) is 6.54 Å². The highest BCUT2D eigenvalue weighted by molar-refractivity contribution is 6.35. The molecule has 1 aliphatic heterocycles. The molecular formula is C17H19Cl2N3O4. The highest BCUT2D eigenvalue weighted by Gasteiger charge is 2.44. The summed E-state index contributed by atoms with van der Waals surface area (Å²) in [5.41, 5.74) is 0.231. The van der Waals surface area contributed by atoms with E-state index >= 15 is 0 Å². The van der Waals surface area contributed by atoms with Crippen LogP contribution in [-0.4, -0.2) is 47.6 Å². The van der Waals surface area contributed by atoms with E-state index in [4.69, 9.17) is 28.0 Å². The molecule has 0 N–H and O–H groups in total. The fraction of sp³-hybridized carbons (Fsp3) is 0.471. The second-order valence-electron chi connectivity index (χ2n) is 6.31. The molecule has 9 heteroatoms. The number of hydroxylamine groups is 2. The monoisotopic (exact) mass is 399 g/mol. The number of halogens is 2. The van der Waals surface area contributed by atoms with Crippen LogP contribution in [0, 0.1) is 0 Å². The molecule has 1 saturated carbocycles. The number of benzene rings is 1. The summed E-state index contributed by atoms with van der Waals surface area (Å²) in [5, 5.41) is 1.79. The van der Waals surface area contributed by atoms with Crippen molar-refractivity contribution in [3.8, 4) is 0 Å². The van der Waals surface area contributed by atoms with Gasteiger partial charge in [0, 0.05) is 10.0 Å². The van der Waals surface area contributed by atoms with Crippen LogP contribution in [0.2, 0.25) is 10.0 Å². The Morgan fingerprint density at radius 1 is 1.12 bits per heavy atom. The van der Waals surface area contributed by atoms with Gasteiger partial charge in [0.15, 0.2) is 0 Å². The number of nitrogens with zero attached hydrogens (tertiary/aromatic N) is 3. The van der Waals surface area contributed by atoms with Gasteiger partial charge in [0.2, 0.25) is 0 Å². The molecule has 1 saturated heterocycles. The maximum atomic E-state index is 12.8. The average Bonchev–Trinajstić information content (AvgIpc) is 2.90. The summed E-state index contributed by atoms with van der Waals surface area (Å²) in [4.78, 5) is 45.0. The summed E-state index contributed by atoms with van der Waals surface area (Å²) >= 11 is 11.9. The van der Waals surface area contributed by atoms with Crippen LogP contribution in [0.4, 0.5) is 15.3 Å². The summed E-state index contributed by atoms with van der Waals surface area (Å²) < 4.78 is 0. The third-order valence-electron chi connectivity index (χ3n) is 4.59. The van der Waals surface area contributed by atoms with Crippen LogP contribution >= 0.6 is 23.2 Å². The van der Waals surface area contributed by atoms with Gasteiger partial charge in [-0.05, 0) is 31.0 Å². The van der Waals surface area contributed by atoms with E-state index in [0.717, 1.165) is 41.9 Å². The number of carbonyl (C=O) groups is 3. The van der Waals surface area contributed by atoms with Crippen molar-refractivity contribution in [1.29, 1.82) is 0 Å². The molecule has 140 valence electrons. The number of urea groups is 2. The summed E-state index contributed by atoms with van der Waals surface area (Å²) in [6, 6.07) is 2.93. The Hall–Kier alpha value is -1.83. The smallest absolute Gasteiger partial charge is 0.273 e. The van der Waals surface area contributed by atoms with Gasteiger partial charge in [-0.1, -0.05) is 42.5 Å². The minimum absolute atomic E-state index is 0.0983. The zero-order valence-corrected chi connectivity index (χ0v) is 15.8. The van der Waals surface area contributed by atoms with Crippen molar-refractivity contribution in [1.82, 2.24) is 9.96 Å². The molecule has 1 aliphatic carbocycles. The van der Waals surface area contributed by atoms with E-state index in [1.54, 1.807) is 0 Å². The van der Waals surface area contributed by atoms with E-state index in [9.17, 15) is 14.4 Å². The van der Waals surface area contributed by atoms with Crippen LogP contribution in [0.3, 0.4) is 0 Å². The van der Waals surface area contributed by atoms with Gasteiger partial charge in [-0.25, -0.2) is 19.4 Å². The van der Waals surface area contributed by atoms with Gasteiger partial charge in [-0.2, -0.15) is 5.06 Å². The number of hydrogen-bond acceptors (Lipinski definition) is 4. The molecular weight excluding hydrogens is 381 g/mol. The van der Waals surface area contributed by atoms with Crippen molar-refractivity contribution in [2.24, 2.45) is 0 Å². The fourth-order valence-electron chi connectivity index (χ4n) is 3.39. The van der Waals surface area contributed by atoms with Crippen molar-refractivity contribution in [2.75, 3.05) is 18.6 Å². The maximum absolute atomic E-state index is 12.8. The van der Waals surface area contributed by atoms with Crippen molar-refractivity contribution < 1.29 is 19.2 Å². The first-order chi connectivity index (χ1) is 12.4. The lowest BCUT2D eigenvalue weighted by molar-refractivity contribution is -0.130. The summed E-state index contributed by atoms with van der Waals surface area (Å²) in [6.45, 7) is -0.353. The Labute approximate surface area is 161 Å². The first-order valence-electron chi connectivity index (χ1n) is 8.40. The second kappa shape index (κ2) is 7.82. The molecule has 7 nitrogen and oxygen atoms in total. The van der Waals surface area contributed by atoms with Gasteiger partial charge in [-0.15, -0.1) is 0 Å². The molecule has 0 spiro atoms. The molecule has 0 aromatic heterocycles. The van der Waals surface area contributed by atoms with Crippen molar-refractivity contribution >= 4 is 46.9 Å². The van der Waals surface area contributed by atoms with Crippen LogP contribution in [-0.2, 0) is 9.63 Å². The minimum atomic E-state index is -0.740. The van der Waals surface area contributed by atoms with Crippen molar-refractivity contribution in [2.45, 2.75) is 38.1 Å². The molecule has 26 heavy (non-hydrogen) atoms. The molecule has 2 fully saturated rings. The largest absolute Gasteiger partial charge is 0.352 e. The van der Waals surface area contributed by atoms with Gasteiger partial charge in [0.05, 0.1) is 18.8 Å². The molecule has 0 radical (unpaired) electrons. The zero-order valence-electron chi connectivity index (χ0n) is 14.3. The molecule has 1 aromatic rings. The Kier molecular flexibility index (Phi) is 5.70. The van der Waals surface area contributed by atoms with E-state index < -0.39 is 18.0 Å². The van der Waals surface area contributed by atoms with Crippen LogP contribution in [0.25, 0.3) is 0 Å². The summed E-state index contributed by atoms with van der Waals surface area (Å²) in [6.07, 6.45) is 4.73. The molecule has 2 aliphatic rings. The summed E-state index contributed by atoms with van der Waals surface area (Å²) in [5.74, 6) is -0.526. The first-order valence-corrected chi connectivity index (χ1v) is 9.16. The van der Waals surface area contributed by atoms with Crippen LogP contribution in [0.15, 0.2) is 18.2 Å². The van der Waals surface area contributed by atoms with Crippen molar-refractivity contribution in [3.63, 3.8) is 0 Å². The van der Waals surface area contributed by atoms with Gasteiger partial charge in [-0.3, -0.25) is 9.63 Å². The molecule has 3 rings (SSSR count). The van der Waals surface area contributed by atoms with E-state index in [0.29, 0.717) is 10.0 Å². The highest BCUT2D eigenvalue weighted by atomic mass is 35.5. The van der Waals surface area contributed by atoms with Gasteiger partial charge >= 0.3 is 12.1 Å². The molecule has 0 bridgehead atoms. The predicted octanol–water partition coefficient (Wildman–Crippen LogP) is 4.08. The van der Waals surface area contributed by atoms with E-state index in [1.165, 1.54) is 30.4 Å². The standard InChI is InChI=1S/C17H19Cl2N3O4/c1-26-22(13-5-3-2-4-6-13)17(25)20-10-15(23)21(16(20)24)14-8-11(18)7-12(19)9-14/h7-9,13H,2-6,10H2,1H3. The van der Waals surface area contributed by atoms with Crippen LogP contribution in [0.5, 0.6) is 0 Å². The highest BCUT2D eigenvalue weighted by Crippen LogP contribution is 2.30. The Bertz CT molecular complexity index is 716. The van der Waals surface area contributed by atoms with Crippen LogP contribution in [0.1, 0.15) is 32.1 Å². The Morgan fingerprint density at radius 3 is 2.31 bits per heavy atom. The third kappa shape index (κ3) is 3.65. The first kappa shape index (κ1) is 18.9. The SMILES string of the molecule is CON(C(=O)N1CC(=O)N(c2cc(Cl)cc(Cl)c2)C1=O)C1CCCCC1. The van der Waals surface area contributed by atoms with E-state index in [1.807, 2.05) is 0 Å². The molecule has 5 amide bonds. The number of hydrogen-bond donors (Lipinski definition) is 0. The van der Waals surface area contributed by atoms with Crippen LogP contribution < -0.4 is 4.90 Å². The quantitative estimate of drug-likeness (QED) is 0.566. The Morgan fingerprint density at radius 2 is 1.73 bits per heavy atom.